The van der Waals surface area contributed by atoms with Crippen LogP contribution in [-0.2, 0) is 13.1 Å². The first-order chi connectivity index (χ1) is 10.7. The summed E-state index contributed by atoms with van der Waals surface area (Å²) >= 11 is 0. The van der Waals surface area contributed by atoms with E-state index in [1.807, 2.05) is 29.2 Å². The Morgan fingerprint density at radius 1 is 1.45 bits per heavy atom. The quantitative estimate of drug-likeness (QED) is 0.853. The Morgan fingerprint density at radius 2 is 2.32 bits per heavy atom. The molecule has 0 atom stereocenters. The summed E-state index contributed by atoms with van der Waals surface area (Å²) in [6, 6.07) is 7.64. The van der Waals surface area contributed by atoms with Crippen molar-refractivity contribution in [2.45, 2.75) is 13.1 Å². The Balaban J connectivity index is 1.94. The number of aromatic amines is 1. The molecule has 0 radical (unpaired) electrons. The number of benzene rings is 1. The molecule has 2 aromatic rings. The van der Waals surface area contributed by atoms with Gasteiger partial charge in [0.1, 0.15) is 24.0 Å². The molecule has 0 fully saturated rings. The van der Waals surface area contributed by atoms with Crippen LogP contribution in [0.25, 0.3) is 0 Å². The van der Waals surface area contributed by atoms with Gasteiger partial charge < -0.3 is 14.7 Å². The minimum Gasteiger partial charge on any atom is -0.491 e. The van der Waals surface area contributed by atoms with Crippen molar-refractivity contribution in [2.75, 3.05) is 18.1 Å². The van der Waals surface area contributed by atoms with E-state index in [1.54, 1.807) is 0 Å². The van der Waals surface area contributed by atoms with E-state index in [1.165, 1.54) is 6.20 Å². The summed E-state index contributed by atoms with van der Waals surface area (Å²) in [7, 11) is 0. The number of aliphatic hydroxyl groups is 1. The van der Waals surface area contributed by atoms with Gasteiger partial charge in [-0.05, 0) is 11.6 Å². The predicted octanol–water partition coefficient (Wildman–Crippen LogP) is 0.533. The summed E-state index contributed by atoms with van der Waals surface area (Å²) in [6.07, 6.45) is 1.49. The van der Waals surface area contributed by atoms with Crippen molar-refractivity contribution in [3.63, 3.8) is 0 Å². The summed E-state index contributed by atoms with van der Waals surface area (Å²) in [5.74, 6) is 0.713. The fourth-order valence-electron chi connectivity index (χ4n) is 2.59. The first-order valence-electron chi connectivity index (χ1n) is 6.81. The molecule has 2 heterocycles. The zero-order chi connectivity index (χ0) is 15.5. The molecule has 7 heteroatoms. The lowest BCUT2D eigenvalue weighted by Crippen LogP contribution is -2.22. The maximum Gasteiger partial charge on any atom is 0.284 e. The van der Waals surface area contributed by atoms with Crippen LogP contribution in [0.3, 0.4) is 0 Å². The Kier molecular flexibility index (Phi) is 3.76. The van der Waals surface area contributed by atoms with Gasteiger partial charge in [-0.25, -0.2) is 5.10 Å². The molecule has 0 spiro atoms. The van der Waals surface area contributed by atoms with Crippen LogP contribution >= 0.6 is 0 Å². The number of hydrogen-bond acceptors (Lipinski definition) is 6. The van der Waals surface area contributed by atoms with Crippen molar-refractivity contribution in [1.29, 1.82) is 5.26 Å². The lowest BCUT2D eigenvalue weighted by molar-refractivity contribution is 0.200. The number of H-pyrrole nitrogens is 1. The summed E-state index contributed by atoms with van der Waals surface area (Å²) in [4.78, 5) is 13.6. The zero-order valence-corrected chi connectivity index (χ0v) is 11.7. The molecule has 0 saturated carbocycles. The summed E-state index contributed by atoms with van der Waals surface area (Å²) in [5.41, 5.74) is 2.14. The van der Waals surface area contributed by atoms with E-state index in [9.17, 15) is 10.1 Å². The fourth-order valence-corrected chi connectivity index (χ4v) is 2.59. The number of nitrogens with one attached hydrogen (secondary N) is 1. The Bertz CT molecular complexity index is 794. The third kappa shape index (κ3) is 2.40. The highest BCUT2D eigenvalue weighted by Gasteiger charge is 2.25. The van der Waals surface area contributed by atoms with Crippen molar-refractivity contribution in [2.24, 2.45) is 0 Å². The van der Waals surface area contributed by atoms with Crippen molar-refractivity contribution < 1.29 is 9.84 Å². The standard InChI is InChI=1S/C15H14N4O3/c16-6-11-13(7-17-18-15(11)21)19-8-10-2-1-3-14(12(10)9-19)22-5-4-20/h1-3,7,20H,4-5,8-9H2,(H,18,21). The van der Waals surface area contributed by atoms with Gasteiger partial charge in [0.2, 0.25) is 0 Å². The maximum atomic E-state index is 11.7. The highest BCUT2D eigenvalue weighted by atomic mass is 16.5. The van der Waals surface area contributed by atoms with E-state index in [2.05, 4.69) is 10.2 Å². The van der Waals surface area contributed by atoms with Crippen LogP contribution in [0, 0.1) is 11.3 Å². The third-order valence-corrected chi connectivity index (χ3v) is 3.58. The molecule has 0 unspecified atom stereocenters. The minimum atomic E-state index is -0.493. The first kappa shape index (κ1) is 14.1. The van der Waals surface area contributed by atoms with E-state index in [0.29, 0.717) is 24.5 Å². The molecule has 2 N–H and O–H groups in total. The Labute approximate surface area is 126 Å². The highest BCUT2D eigenvalue weighted by Crippen LogP contribution is 2.34. The molecule has 0 bridgehead atoms. The second kappa shape index (κ2) is 5.87. The topological polar surface area (TPSA) is 102 Å². The molecule has 22 heavy (non-hydrogen) atoms. The molecule has 1 aliphatic rings. The monoisotopic (exact) mass is 298 g/mol. The van der Waals surface area contributed by atoms with Gasteiger partial charge in [-0.2, -0.15) is 10.4 Å². The number of hydrogen-bond donors (Lipinski definition) is 2. The Morgan fingerprint density at radius 3 is 3.09 bits per heavy atom. The van der Waals surface area contributed by atoms with Crippen LogP contribution in [0.5, 0.6) is 5.75 Å². The number of nitriles is 1. The van der Waals surface area contributed by atoms with E-state index in [0.717, 1.165) is 11.1 Å². The largest absolute Gasteiger partial charge is 0.491 e. The van der Waals surface area contributed by atoms with E-state index in [-0.39, 0.29) is 18.8 Å². The molecular formula is C15H14N4O3. The lowest BCUT2D eigenvalue weighted by atomic mass is 10.1. The van der Waals surface area contributed by atoms with Gasteiger partial charge in [0.05, 0.1) is 18.5 Å². The zero-order valence-electron chi connectivity index (χ0n) is 11.7. The highest BCUT2D eigenvalue weighted by molar-refractivity contribution is 5.60. The van der Waals surface area contributed by atoms with Crippen molar-refractivity contribution >= 4 is 5.69 Å². The average Bonchev–Trinajstić information content (AvgIpc) is 2.97. The van der Waals surface area contributed by atoms with Gasteiger partial charge in [-0.3, -0.25) is 4.79 Å². The molecule has 1 aromatic heterocycles. The molecule has 1 aliphatic heterocycles. The molecular weight excluding hydrogens is 284 g/mol. The van der Waals surface area contributed by atoms with Gasteiger partial charge in [0.25, 0.3) is 5.56 Å². The number of anilines is 1. The van der Waals surface area contributed by atoms with Gasteiger partial charge in [0, 0.05) is 18.7 Å². The van der Waals surface area contributed by atoms with Crippen LogP contribution < -0.4 is 15.2 Å². The summed E-state index contributed by atoms with van der Waals surface area (Å²) < 4.78 is 5.54. The van der Waals surface area contributed by atoms with Gasteiger partial charge in [-0.15, -0.1) is 0 Å². The van der Waals surface area contributed by atoms with Gasteiger partial charge in [0.15, 0.2) is 0 Å². The molecule has 112 valence electrons. The number of aromatic nitrogens is 2. The SMILES string of the molecule is N#Cc1c(N2Cc3cccc(OCCO)c3C2)cn[nH]c1=O. The fraction of sp³-hybridized carbons (Fsp3) is 0.267. The normalized spacial score (nSPS) is 12.8. The van der Waals surface area contributed by atoms with E-state index in [4.69, 9.17) is 9.84 Å². The molecule has 1 aromatic carbocycles. The number of fused-ring (bicyclic) bond motifs is 1. The third-order valence-electron chi connectivity index (χ3n) is 3.58. The van der Waals surface area contributed by atoms with Crippen LogP contribution in [0.2, 0.25) is 0 Å². The number of ether oxygens (including phenoxy) is 1. The number of rotatable bonds is 4. The summed E-state index contributed by atoms with van der Waals surface area (Å²) in [5, 5.41) is 24.1. The molecule has 0 saturated heterocycles. The van der Waals surface area contributed by atoms with Gasteiger partial charge in [-0.1, -0.05) is 12.1 Å². The Hall–Kier alpha value is -2.85. The van der Waals surface area contributed by atoms with Crippen LogP contribution in [0.15, 0.2) is 29.2 Å². The average molecular weight is 298 g/mol. The second-order valence-corrected chi connectivity index (χ2v) is 4.89. The predicted molar refractivity (Wildman–Crippen MR) is 78.5 cm³/mol. The molecule has 0 amide bonds. The maximum absolute atomic E-state index is 11.7. The smallest absolute Gasteiger partial charge is 0.284 e. The molecule has 3 rings (SSSR count). The van der Waals surface area contributed by atoms with E-state index >= 15 is 0 Å². The first-order valence-corrected chi connectivity index (χ1v) is 6.81. The molecule has 0 aliphatic carbocycles. The lowest BCUT2D eigenvalue weighted by Gasteiger charge is -2.17. The minimum absolute atomic E-state index is 0.0516. The van der Waals surface area contributed by atoms with E-state index < -0.39 is 5.56 Å². The number of nitrogens with zero attached hydrogens (tertiary/aromatic N) is 3. The van der Waals surface area contributed by atoms with Crippen LogP contribution in [-0.4, -0.2) is 28.5 Å². The second-order valence-electron chi connectivity index (χ2n) is 4.89. The van der Waals surface area contributed by atoms with Crippen molar-refractivity contribution in [3.8, 4) is 11.8 Å². The number of aliphatic hydroxyl groups excluding tert-OH is 1. The van der Waals surface area contributed by atoms with Gasteiger partial charge >= 0.3 is 0 Å². The summed E-state index contributed by atoms with van der Waals surface area (Å²) in [6.45, 7) is 1.28. The van der Waals surface area contributed by atoms with Crippen molar-refractivity contribution in [3.05, 3.63) is 51.4 Å². The molecule has 7 nitrogen and oxygen atoms in total. The van der Waals surface area contributed by atoms with Crippen LogP contribution in [0.4, 0.5) is 5.69 Å². The van der Waals surface area contributed by atoms with Crippen molar-refractivity contribution in [1.82, 2.24) is 10.2 Å². The van der Waals surface area contributed by atoms with Crippen LogP contribution in [0.1, 0.15) is 16.7 Å².